The molecule has 1 aliphatic heterocycles. The summed E-state index contributed by atoms with van der Waals surface area (Å²) in [5, 5.41) is 0. The Balaban J connectivity index is 2.39. The summed E-state index contributed by atoms with van der Waals surface area (Å²) in [5.74, 6) is -0.185. The molecule has 4 heteroatoms. The fraction of sp³-hybridized carbons (Fsp3) is 0.308. The number of nitrogens with zero attached hydrogens (tertiary/aromatic N) is 1. The molecule has 0 radical (unpaired) electrons. The molecule has 1 aromatic rings. The Morgan fingerprint density at radius 1 is 1.12 bits per heavy atom. The van der Waals surface area contributed by atoms with Gasteiger partial charge in [-0.15, -0.1) is 0 Å². The van der Waals surface area contributed by atoms with Gasteiger partial charge in [-0.1, -0.05) is 30.3 Å². The Hall–Kier alpha value is -1.42. The van der Waals surface area contributed by atoms with E-state index in [0.717, 1.165) is 5.56 Å². The van der Waals surface area contributed by atoms with Crippen LogP contribution in [0.2, 0.25) is 0 Å². The summed E-state index contributed by atoms with van der Waals surface area (Å²) in [7, 11) is -1.40. The van der Waals surface area contributed by atoms with E-state index in [-0.39, 0.29) is 5.91 Å². The van der Waals surface area contributed by atoms with Crippen molar-refractivity contribution in [2.45, 2.75) is 26.3 Å². The summed E-state index contributed by atoms with van der Waals surface area (Å²) < 4.78 is 13.7. The van der Waals surface area contributed by atoms with Crippen LogP contribution in [0.15, 0.2) is 36.4 Å². The summed E-state index contributed by atoms with van der Waals surface area (Å²) in [6, 6.07) is 9.37. The third-order valence-electron chi connectivity index (χ3n) is 2.48. The van der Waals surface area contributed by atoms with Gasteiger partial charge < -0.3 is 0 Å². The molecule has 1 atom stereocenters. The van der Waals surface area contributed by atoms with Gasteiger partial charge in [0.1, 0.15) is 0 Å². The highest BCUT2D eigenvalue weighted by Gasteiger charge is 2.37. The van der Waals surface area contributed by atoms with Crippen LogP contribution < -0.4 is 0 Å². The molecule has 90 valence electrons. The highest BCUT2D eigenvalue weighted by atomic mass is 32.2. The molecular formula is C13H15NO2S. The molecule has 3 nitrogen and oxygen atoms in total. The average molecular weight is 249 g/mol. The second kappa shape index (κ2) is 4.11. The van der Waals surface area contributed by atoms with E-state index in [1.807, 2.05) is 51.1 Å². The third kappa shape index (κ3) is 2.17. The van der Waals surface area contributed by atoms with Gasteiger partial charge in [0.2, 0.25) is 0 Å². The number of carbonyl (C=O) groups excluding carboxylic acids is 1. The minimum atomic E-state index is -1.40. The molecule has 0 aromatic heterocycles. The van der Waals surface area contributed by atoms with Crippen LogP contribution in [-0.4, -0.2) is 20.0 Å². The lowest BCUT2D eigenvalue weighted by Crippen LogP contribution is -2.43. The molecule has 0 saturated carbocycles. The SMILES string of the molecule is CC(C)(C)N1C(=O)C=C(c2ccccc2)S1=O. The number of amides is 1. The van der Waals surface area contributed by atoms with Crippen molar-refractivity contribution < 1.29 is 9.00 Å². The summed E-state index contributed by atoms with van der Waals surface area (Å²) in [6.45, 7) is 5.64. The van der Waals surface area contributed by atoms with Gasteiger partial charge in [0, 0.05) is 11.6 Å². The zero-order valence-corrected chi connectivity index (χ0v) is 11.0. The molecule has 2 rings (SSSR count). The largest absolute Gasteiger partial charge is 0.269 e. The van der Waals surface area contributed by atoms with Crippen LogP contribution in [0.3, 0.4) is 0 Å². The average Bonchev–Trinajstić information content (AvgIpc) is 2.54. The standard InChI is InChI=1S/C13H15NO2S/c1-13(2,3)14-12(15)9-11(17(14)16)10-7-5-4-6-8-10/h4-9H,1-3H3. The minimum absolute atomic E-state index is 0.185. The molecular weight excluding hydrogens is 234 g/mol. The number of benzene rings is 1. The molecule has 1 heterocycles. The predicted octanol–water partition coefficient (Wildman–Crippen LogP) is 2.33. The van der Waals surface area contributed by atoms with Crippen molar-refractivity contribution in [2.75, 3.05) is 0 Å². The van der Waals surface area contributed by atoms with Crippen molar-refractivity contribution in [3.8, 4) is 0 Å². The number of hydrogen-bond acceptors (Lipinski definition) is 2. The van der Waals surface area contributed by atoms with E-state index in [0.29, 0.717) is 4.91 Å². The van der Waals surface area contributed by atoms with Gasteiger partial charge in [-0.25, -0.2) is 8.51 Å². The van der Waals surface area contributed by atoms with E-state index in [4.69, 9.17) is 0 Å². The summed E-state index contributed by atoms with van der Waals surface area (Å²) >= 11 is 0. The monoisotopic (exact) mass is 249 g/mol. The summed E-state index contributed by atoms with van der Waals surface area (Å²) in [5.41, 5.74) is 0.403. The van der Waals surface area contributed by atoms with Crippen LogP contribution in [0.5, 0.6) is 0 Å². The van der Waals surface area contributed by atoms with E-state index in [1.165, 1.54) is 10.4 Å². The highest BCUT2D eigenvalue weighted by molar-refractivity contribution is 7.93. The maximum Gasteiger partial charge on any atom is 0.260 e. The molecule has 1 aromatic carbocycles. The van der Waals surface area contributed by atoms with Gasteiger partial charge in [0.05, 0.1) is 4.91 Å². The van der Waals surface area contributed by atoms with Gasteiger partial charge in [0.15, 0.2) is 11.0 Å². The van der Waals surface area contributed by atoms with Crippen molar-refractivity contribution in [1.82, 2.24) is 4.31 Å². The Morgan fingerprint density at radius 2 is 1.71 bits per heavy atom. The molecule has 1 amide bonds. The quantitative estimate of drug-likeness (QED) is 0.766. The molecule has 0 bridgehead atoms. The summed E-state index contributed by atoms with van der Waals surface area (Å²) in [4.78, 5) is 12.5. The van der Waals surface area contributed by atoms with E-state index >= 15 is 0 Å². The lowest BCUT2D eigenvalue weighted by Gasteiger charge is -2.30. The van der Waals surface area contributed by atoms with Crippen molar-refractivity contribution in [3.63, 3.8) is 0 Å². The first kappa shape index (κ1) is 12.0. The lowest BCUT2D eigenvalue weighted by atomic mass is 10.1. The van der Waals surface area contributed by atoms with Crippen molar-refractivity contribution in [2.24, 2.45) is 0 Å². The molecule has 1 aliphatic rings. The van der Waals surface area contributed by atoms with Crippen LogP contribution >= 0.6 is 0 Å². The molecule has 1 unspecified atom stereocenters. The van der Waals surface area contributed by atoms with Crippen molar-refractivity contribution in [3.05, 3.63) is 42.0 Å². The first-order valence-corrected chi connectivity index (χ1v) is 6.55. The molecule has 0 fully saturated rings. The molecule has 0 spiro atoms. The van der Waals surface area contributed by atoms with Gasteiger partial charge in [-0.2, -0.15) is 0 Å². The zero-order valence-electron chi connectivity index (χ0n) is 10.1. The van der Waals surface area contributed by atoms with Crippen LogP contribution in [0.4, 0.5) is 0 Å². The van der Waals surface area contributed by atoms with E-state index < -0.39 is 16.5 Å². The number of carbonyl (C=O) groups is 1. The van der Waals surface area contributed by atoms with Crippen molar-refractivity contribution in [1.29, 1.82) is 0 Å². The third-order valence-corrected chi connectivity index (χ3v) is 4.27. The summed E-state index contributed by atoms with van der Waals surface area (Å²) in [6.07, 6.45) is 1.47. The maximum atomic E-state index is 12.3. The highest BCUT2D eigenvalue weighted by Crippen LogP contribution is 2.31. The van der Waals surface area contributed by atoms with Gasteiger partial charge in [0.25, 0.3) is 5.91 Å². The Labute approximate surface area is 104 Å². The normalized spacial score (nSPS) is 20.6. The molecule has 17 heavy (non-hydrogen) atoms. The molecule has 0 N–H and O–H groups in total. The van der Waals surface area contributed by atoms with E-state index in [2.05, 4.69) is 0 Å². The Bertz CT molecular complexity index is 500. The first-order valence-electron chi connectivity index (χ1n) is 5.44. The molecule has 0 saturated heterocycles. The zero-order chi connectivity index (χ0) is 12.6. The van der Waals surface area contributed by atoms with Crippen LogP contribution in [-0.2, 0) is 15.8 Å². The predicted molar refractivity (Wildman–Crippen MR) is 69.2 cm³/mol. The van der Waals surface area contributed by atoms with E-state index in [1.54, 1.807) is 0 Å². The smallest absolute Gasteiger partial charge is 0.260 e. The van der Waals surface area contributed by atoms with E-state index in [9.17, 15) is 9.00 Å². The van der Waals surface area contributed by atoms with Crippen molar-refractivity contribution >= 4 is 21.8 Å². The fourth-order valence-corrected chi connectivity index (χ4v) is 3.22. The Morgan fingerprint density at radius 3 is 2.18 bits per heavy atom. The van der Waals surface area contributed by atoms with Gasteiger partial charge in [-0.05, 0) is 26.3 Å². The molecule has 0 aliphatic carbocycles. The fourth-order valence-electron chi connectivity index (χ4n) is 1.77. The number of hydrogen-bond donors (Lipinski definition) is 0. The maximum absolute atomic E-state index is 12.3. The van der Waals surface area contributed by atoms with Crippen LogP contribution in [0.1, 0.15) is 26.3 Å². The lowest BCUT2D eigenvalue weighted by molar-refractivity contribution is -0.123. The Kier molecular flexibility index (Phi) is 2.91. The second-order valence-corrected chi connectivity index (χ2v) is 6.23. The number of rotatable bonds is 1. The van der Waals surface area contributed by atoms with Crippen LogP contribution in [0.25, 0.3) is 4.91 Å². The topological polar surface area (TPSA) is 37.4 Å². The van der Waals surface area contributed by atoms with Gasteiger partial charge in [-0.3, -0.25) is 4.79 Å². The van der Waals surface area contributed by atoms with Gasteiger partial charge >= 0.3 is 0 Å². The first-order chi connectivity index (χ1) is 7.91. The minimum Gasteiger partial charge on any atom is -0.269 e. The van der Waals surface area contributed by atoms with Crippen LogP contribution in [0, 0.1) is 0 Å². The second-order valence-electron chi connectivity index (χ2n) is 4.93.